The molecule has 0 aliphatic heterocycles. The summed E-state index contributed by atoms with van der Waals surface area (Å²) in [4.78, 5) is 18.1. The van der Waals surface area contributed by atoms with Crippen molar-refractivity contribution in [3.63, 3.8) is 0 Å². The zero-order chi connectivity index (χ0) is 17.4. The molecule has 1 heterocycles. The summed E-state index contributed by atoms with van der Waals surface area (Å²) in [5, 5.41) is 8.17. The standard InChI is InChI=1S/C15H15F3N4O/c1-7(9-3-5-10(6-4-9)15(16,17)18)11(19)13-12(20)14(23)22-8(2)21-13/h3-7,19H,20H2,1-2H3,(H,21,22,23). The number of hydrogen-bond donors (Lipinski definition) is 3. The van der Waals surface area contributed by atoms with Gasteiger partial charge < -0.3 is 16.1 Å². The molecule has 122 valence electrons. The lowest BCUT2D eigenvalue weighted by Crippen LogP contribution is -2.23. The summed E-state index contributed by atoms with van der Waals surface area (Å²) >= 11 is 0. The van der Waals surface area contributed by atoms with E-state index in [-0.39, 0.29) is 17.1 Å². The van der Waals surface area contributed by atoms with Crippen LogP contribution in [0.15, 0.2) is 29.1 Å². The predicted molar refractivity (Wildman–Crippen MR) is 80.7 cm³/mol. The molecule has 8 heteroatoms. The van der Waals surface area contributed by atoms with Crippen LogP contribution in [0.5, 0.6) is 0 Å². The minimum Gasteiger partial charge on any atom is -0.392 e. The van der Waals surface area contributed by atoms with Gasteiger partial charge in [-0.2, -0.15) is 13.2 Å². The predicted octanol–water partition coefficient (Wildman–Crippen LogP) is 2.85. The molecule has 0 saturated carbocycles. The van der Waals surface area contributed by atoms with Gasteiger partial charge in [0.05, 0.1) is 11.3 Å². The maximum atomic E-state index is 12.6. The fraction of sp³-hybridized carbons (Fsp3) is 0.267. The highest BCUT2D eigenvalue weighted by atomic mass is 19.4. The van der Waals surface area contributed by atoms with Crippen molar-refractivity contribution in [1.82, 2.24) is 9.97 Å². The van der Waals surface area contributed by atoms with E-state index in [1.165, 1.54) is 12.1 Å². The fourth-order valence-corrected chi connectivity index (χ4v) is 2.13. The van der Waals surface area contributed by atoms with Gasteiger partial charge in [-0.3, -0.25) is 4.79 Å². The number of benzene rings is 1. The van der Waals surface area contributed by atoms with E-state index in [2.05, 4.69) is 9.97 Å². The van der Waals surface area contributed by atoms with Crippen LogP contribution in [0.4, 0.5) is 18.9 Å². The Labute approximate surface area is 129 Å². The Balaban J connectivity index is 2.35. The van der Waals surface area contributed by atoms with Crippen LogP contribution in [-0.4, -0.2) is 15.7 Å². The van der Waals surface area contributed by atoms with Gasteiger partial charge in [-0.25, -0.2) is 4.98 Å². The third-order valence-electron chi connectivity index (χ3n) is 3.50. The van der Waals surface area contributed by atoms with Crippen molar-refractivity contribution in [3.05, 3.63) is 57.3 Å². The number of rotatable bonds is 3. The third-order valence-corrected chi connectivity index (χ3v) is 3.50. The SMILES string of the molecule is Cc1nc(C(=N)C(C)c2ccc(C(F)(F)F)cc2)c(N)c(=O)[nH]1. The number of nitrogen functional groups attached to an aromatic ring is 1. The normalized spacial score (nSPS) is 12.9. The van der Waals surface area contributed by atoms with Crippen molar-refractivity contribution in [3.8, 4) is 0 Å². The van der Waals surface area contributed by atoms with Crippen LogP contribution >= 0.6 is 0 Å². The van der Waals surface area contributed by atoms with Gasteiger partial charge in [-0.05, 0) is 24.6 Å². The van der Waals surface area contributed by atoms with Crippen LogP contribution in [0, 0.1) is 12.3 Å². The topological polar surface area (TPSA) is 95.6 Å². The molecule has 1 atom stereocenters. The van der Waals surface area contributed by atoms with Gasteiger partial charge in [0.15, 0.2) is 0 Å². The second-order valence-electron chi connectivity index (χ2n) is 5.17. The molecule has 0 amide bonds. The average Bonchev–Trinajstić information content (AvgIpc) is 2.48. The van der Waals surface area contributed by atoms with E-state index in [4.69, 9.17) is 11.1 Å². The molecule has 1 aromatic heterocycles. The molecule has 0 saturated heterocycles. The number of alkyl halides is 3. The number of aromatic nitrogens is 2. The lowest BCUT2D eigenvalue weighted by molar-refractivity contribution is -0.137. The van der Waals surface area contributed by atoms with E-state index in [9.17, 15) is 18.0 Å². The number of nitrogens with two attached hydrogens (primary N) is 1. The third kappa shape index (κ3) is 3.41. The first-order chi connectivity index (χ1) is 10.6. The summed E-state index contributed by atoms with van der Waals surface area (Å²) in [7, 11) is 0. The number of aromatic amines is 1. The molecule has 23 heavy (non-hydrogen) atoms. The first-order valence-corrected chi connectivity index (χ1v) is 6.73. The number of nitrogens with zero attached hydrogens (tertiary/aromatic N) is 1. The Morgan fingerprint density at radius 2 is 1.87 bits per heavy atom. The van der Waals surface area contributed by atoms with E-state index < -0.39 is 23.2 Å². The Bertz CT molecular complexity index is 794. The second-order valence-corrected chi connectivity index (χ2v) is 5.17. The first kappa shape index (κ1) is 16.7. The van der Waals surface area contributed by atoms with Crippen LogP contribution in [-0.2, 0) is 6.18 Å². The number of anilines is 1. The molecule has 0 spiro atoms. The maximum absolute atomic E-state index is 12.6. The quantitative estimate of drug-likeness (QED) is 0.758. The lowest BCUT2D eigenvalue weighted by atomic mass is 9.93. The highest BCUT2D eigenvalue weighted by Crippen LogP contribution is 2.30. The van der Waals surface area contributed by atoms with E-state index in [1.807, 2.05) is 0 Å². The molecular weight excluding hydrogens is 309 g/mol. The van der Waals surface area contributed by atoms with Crippen molar-refractivity contribution in [2.75, 3.05) is 5.73 Å². The molecule has 2 rings (SSSR count). The van der Waals surface area contributed by atoms with Gasteiger partial charge in [0.2, 0.25) is 0 Å². The monoisotopic (exact) mass is 324 g/mol. The minimum absolute atomic E-state index is 0.0311. The highest BCUT2D eigenvalue weighted by molar-refractivity contribution is 6.04. The molecule has 1 aromatic carbocycles. The Hall–Kier alpha value is -2.64. The van der Waals surface area contributed by atoms with Gasteiger partial charge in [-0.1, -0.05) is 19.1 Å². The summed E-state index contributed by atoms with van der Waals surface area (Å²) in [6.07, 6.45) is -4.41. The number of hydrogen-bond acceptors (Lipinski definition) is 4. The van der Waals surface area contributed by atoms with Gasteiger partial charge in [0, 0.05) is 5.92 Å². The van der Waals surface area contributed by atoms with Gasteiger partial charge in [-0.15, -0.1) is 0 Å². The molecule has 5 nitrogen and oxygen atoms in total. The maximum Gasteiger partial charge on any atom is 0.416 e. The van der Waals surface area contributed by atoms with Crippen LogP contribution < -0.4 is 11.3 Å². The molecule has 0 aliphatic rings. The van der Waals surface area contributed by atoms with Crippen LogP contribution in [0.1, 0.15) is 35.5 Å². The Morgan fingerprint density at radius 3 is 2.39 bits per heavy atom. The molecule has 0 fully saturated rings. The summed E-state index contributed by atoms with van der Waals surface area (Å²) in [5.41, 5.74) is 4.68. The largest absolute Gasteiger partial charge is 0.416 e. The molecule has 4 N–H and O–H groups in total. The Morgan fingerprint density at radius 1 is 1.30 bits per heavy atom. The highest BCUT2D eigenvalue weighted by Gasteiger charge is 2.30. The molecule has 1 unspecified atom stereocenters. The van der Waals surface area contributed by atoms with E-state index in [0.717, 1.165) is 12.1 Å². The molecule has 2 aromatic rings. The average molecular weight is 324 g/mol. The minimum atomic E-state index is -4.41. The smallest absolute Gasteiger partial charge is 0.392 e. The van der Waals surface area contributed by atoms with Crippen molar-refractivity contribution < 1.29 is 13.2 Å². The van der Waals surface area contributed by atoms with E-state index in [1.54, 1.807) is 13.8 Å². The molecule has 0 aliphatic carbocycles. The molecule has 0 radical (unpaired) electrons. The summed E-state index contributed by atoms with van der Waals surface area (Å²) in [6.45, 7) is 3.20. The second kappa shape index (κ2) is 5.86. The van der Waals surface area contributed by atoms with Gasteiger partial charge in [0.1, 0.15) is 17.2 Å². The van der Waals surface area contributed by atoms with E-state index >= 15 is 0 Å². The number of nitrogens with one attached hydrogen (secondary N) is 2. The lowest BCUT2D eigenvalue weighted by Gasteiger charge is -2.15. The fourth-order valence-electron chi connectivity index (χ4n) is 2.13. The van der Waals surface area contributed by atoms with Crippen molar-refractivity contribution in [2.24, 2.45) is 0 Å². The van der Waals surface area contributed by atoms with E-state index in [0.29, 0.717) is 11.4 Å². The van der Waals surface area contributed by atoms with Crippen LogP contribution in [0.2, 0.25) is 0 Å². The van der Waals surface area contributed by atoms with Gasteiger partial charge >= 0.3 is 6.18 Å². The van der Waals surface area contributed by atoms with Crippen molar-refractivity contribution in [2.45, 2.75) is 25.9 Å². The van der Waals surface area contributed by atoms with Crippen molar-refractivity contribution >= 4 is 11.4 Å². The number of aryl methyl sites for hydroxylation is 1. The zero-order valence-corrected chi connectivity index (χ0v) is 12.5. The Kier molecular flexibility index (Phi) is 4.26. The zero-order valence-electron chi connectivity index (χ0n) is 12.5. The summed E-state index contributed by atoms with van der Waals surface area (Å²) in [5.74, 6) is -0.253. The molecule has 0 bridgehead atoms. The first-order valence-electron chi connectivity index (χ1n) is 6.73. The van der Waals surface area contributed by atoms with Crippen LogP contribution in [0.3, 0.4) is 0 Å². The number of H-pyrrole nitrogens is 1. The van der Waals surface area contributed by atoms with Crippen molar-refractivity contribution in [1.29, 1.82) is 5.41 Å². The molecular formula is C15H15F3N4O. The summed E-state index contributed by atoms with van der Waals surface area (Å²) < 4.78 is 37.7. The van der Waals surface area contributed by atoms with Gasteiger partial charge in [0.25, 0.3) is 5.56 Å². The number of halogens is 3. The summed E-state index contributed by atoms with van der Waals surface area (Å²) in [6, 6.07) is 4.52. The van der Waals surface area contributed by atoms with Crippen LogP contribution in [0.25, 0.3) is 0 Å².